The van der Waals surface area contributed by atoms with Gasteiger partial charge in [0, 0.05) is 6.04 Å². The van der Waals surface area contributed by atoms with Gasteiger partial charge < -0.3 is 26.0 Å². The zero-order valence-corrected chi connectivity index (χ0v) is 27.6. The lowest BCUT2D eigenvalue weighted by atomic mass is 9.93. The van der Waals surface area contributed by atoms with Crippen LogP contribution in [0.5, 0.6) is 0 Å². The van der Waals surface area contributed by atoms with Crippen LogP contribution in [0.3, 0.4) is 0 Å². The molecule has 236 valence electrons. The van der Waals surface area contributed by atoms with Crippen LogP contribution in [0.2, 0.25) is 5.02 Å². The number of nitrogens with zero attached hydrogens (tertiary/aromatic N) is 1. The summed E-state index contributed by atoms with van der Waals surface area (Å²) < 4.78 is 5.39. The van der Waals surface area contributed by atoms with Gasteiger partial charge in [0.2, 0.25) is 11.8 Å². The maximum absolute atomic E-state index is 14.5. The van der Waals surface area contributed by atoms with Crippen molar-refractivity contribution >= 4 is 41.1 Å². The highest BCUT2D eigenvalue weighted by molar-refractivity contribution is 6.34. The summed E-state index contributed by atoms with van der Waals surface area (Å²) in [5.41, 5.74) is 8.19. The van der Waals surface area contributed by atoms with E-state index in [4.69, 9.17) is 22.1 Å². The van der Waals surface area contributed by atoms with E-state index < -0.39 is 54.0 Å². The fraction of sp³-hybridized carbons (Fsp3) is 0.515. The molecule has 4 amide bonds. The van der Waals surface area contributed by atoms with Gasteiger partial charge in [-0.3, -0.25) is 14.4 Å². The number of alkyl carbamates (subject to hydrolysis) is 1. The van der Waals surface area contributed by atoms with Gasteiger partial charge in [-0.1, -0.05) is 61.3 Å². The summed E-state index contributed by atoms with van der Waals surface area (Å²) in [5, 5.41) is 5.86. The fourth-order valence-electron chi connectivity index (χ4n) is 4.80. The van der Waals surface area contributed by atoms with Gasteiger partial charge in [-0.15, -0.1) is 0 Å². The smallest absolute Gasteiger partial charge is 0.408 e. The molecule has 2 aromatic carbocycles. The minimum atomic E-state index is -1.36. The molecule has 10 heteroatoms. The van der Waals surface area contributed by atoms with Crippen LogP contribution >= 0.6 is 11.6 Å². The van der Waals surface area contributed by atoms with E-state index >= 15 is 0 Å². The summed E-state index contributed by atoms with van der Waals surface area (Å²) >= 11 is 6.48. The van der Waals surface area contributed by atoms with E-state index in [1.165, 1.54) is 4.90 Å². The van der Waals surface area contributed by atoms with Gasteiger partial charge in [0.25, 0.3) is 5.91 Å². The molecule has 0 fully saturated rings. The lowest BCUT2D eigenvalue weighted by Crippen LogP contribution is -2.56. The number of para-hydroxylation sites is 1. The van der Waals surface area contributed by atoms with E-state index in [1.807, 2.05) is 52.0 Å². The molecule has 0 bridgehead atoms. The van der Waals surface area contributed by atoms with Crippen LogP contribution in [-0.2, 0) is 19.1 Å². The molecule has 0 saturated heterocycles. The highest BCUT2D eigenvalue weighted by Gasteiger charge is 2.40. The van der Waals surface area contributed by atoms with Gasteiger partial charge in [-0.05, 0) is 90.0 Å². The number of benzene rings is 2. The number of hydrogen-bond donors (Lipinski definition) is 3. The van der Waals surface area contributed by atoms with Gasteiger partial charge in [0.1, 0.15) is 17.7 Å². The van der Waals surface area contributed by atoms with E-state index in [0.29, 0.717) is 28.6 Å². The molecular formula is C33H47ClN4O5. The van der Waals surface area contributed by atoms with Crippen molar-refractivity contribution in [3.05, 3.63) is 63.7 Å². The Morgan fingerprint density at radius 3 is 2.19 bits per heavy atom. The lowest BCUT2D eigenvalue weighted by Gasteiger charge is -2.39. The molecule has 0 spiro atoms. The minimum Gasteiger partial charge on any atom is -0.444 e. The zero-order valence-electron chi connectivity index (χ0n) is 26.8. The summed E-state index contributed by atoms with van der Waals surface area (Å²) in [4.78, 5) is 55.3. The number of halogens is 1. The largest absolute Gasteiger partial charge is 0.444 e. The van der Waals surface area contributed by atoms with E-state index in [1.54, 1.807) is 32.9 Å². The molecule has 0 heterocycles. The van der Waals surface area contributed by atoms with Crippen LogP contribution in [0.4, 0.5) is 10.5 Å². The van der Waals surface area contributed by atoms with Gasteiger partial charge in [0.05, 0.1) is 17.1 Å². The van der Waals surface area contributed by atoms with Crippen molar-refractivity contribution in [2.24, 2.45) is 11.7 Å². The summed E-state index contributed by atoms with van der Waals surface area (Å²) in [5.74, 6) is -1.56. The number of ether oxygens (including phenoxy) is 1. The highest BCUT2D eigenvalue weighted by atomic mass is 35.5. The third kappa shape index (κ3) is 10.6. The maximum atomic E-state index is 14.5. The van der Waals surface area contributed by atoms with Crippen molar-refractivity contribution in [2.75, 3.05) is 5.32 Å². The van der Waals surface area contributed by atoms with Crippen molar-refractivity contribution < 1.29 is 23.9 Å². The Labute approximate surface area is 260 Å². The first-order chi connectivity index (χ1) is 19.9. The van der Waals surface area contributed by atoms with Gasteiger partial charge in [0.15, 0.2) is 0 Å². The number of anilines is 1. The fourth-order valence-corrected chi connectivity index (χ4v) is 5.07. The number of aryl methyl sites for hydroxylation is 3. The van der Waals surface area contributed by atoms with Crippen molar-refractivity contribution in [1.82, 2.24) is 10.2 Å². The number of carbonyl (C=O) groups excluding carboxylic acids is 4. The maximum Gasteiger partial charge on any atom is 0.408 e. The quantitative estimate of drug-likeness (QED) is 0.256. The predicted octanol–water partition coefficient (Wildman–Crippen LogP) is 6.37. The number of amides is 4. The number of rotatable bonds is 12. The van der Waals surface area contributed by atoms with Gasteiger partial charge >= 0.3 is 6.09 Å². The molecule has 43 heavy (non-hydrogen) atoms. The molecule has 0 radical (unpaired) electrons. The monoisotopic (exact) mass is 614 g/mol. The zero-order chi connectivity index (χ0) is 32.6. The van der Waals surface area contributed by atoms with Crippen LogP contribution in [0, 0.1) is 26.7 Å². The standard InChI is InChI=1S/C33H47ClN4O5/c1-19(2)13-16-23(6)38(31(41)26(18-27(35)39)36-32(42)43-33(7,8)9)29(24-17-20(3)14-15-21(24)4)30(40)37-28-22(5)11-10-12-25(28)34/h10-12,14-15,17,19,23,26,29H,13,16,18H2,1-9H3,(H2,35,39)(H,36,42)(H,37,40). The second-order valence-corrected chi connectivity index (χ2v) is 13.0. The minimum absolute atomic E-state index is 0.333. The van der Waals surface area contributed by atoms with Crippen LogP contribution in [0.25, 0.3) is 0 Å². The number of hydrogen-bond acceptors (Lipinski definition) is 5. The molecule has 9 nitrogen and oxygen atoms in total. The molecule has 0 saturated carbocycles. The third-order valence-corrected chi connectivity index (χ3v) is 7.33. The van der Waals surface area contributed by atoms with Crippen LogP contribution in [0.1, 0.15) is 89.1 Å². The Balaban J connectivity index is 2.74. The van der Waals surface area contributed by atoms with Crippen molar-refractivity contribution in [3.63, 3.8) is 0 Å². The molecule has 3 atom stereocenters. The molecule has 3 unspecified atom stereocenters. The third-order valence-electron chi connectivity index (χ3n) is 7.01. The molecule has 0 aliphatic heterocycles. The van der Waals surface area contributed by atoms with E-state index in [-0.39, 0.29) is 0 Å². The first-order valence-corrected chi connectivity index (χ1v) is 15.0. The number of nitrogens with two attached hydrogens (primary N) is 1. The normalized spacial score (nSPS) is 13.6. The Morgan fingerprint density at radius 1 is 0.977 bits per heavy atom. The van der Waals surface area contributed by atoms with Crippen LogP contribution in [0.15, 0.2) is 36.4 Å². The van der Waals surface area contributed by atoms with E-state index in [9.17, 15) is 19.2 Å². The predicted molar refractivity (Wildman–Crippen MR) is 171 cm³/mol. The van der Waals surface area contributed by atoms with E-state index in [0.717, 1.165) is 23.1 Å². The van der Waals surface area contributed by atoms with Crippen molar-refractivity contribution in [3.8, 4) is 0 Å². The second kappa shape index (κ2) is 15.2. The number of nitrogens with one attached hydrogen (secondary N) is 2. The Bertz CT molecular complexity index is 1300. The average molecular weight is 615 g/mol. The number of primary amides is 1. The molecule has 4 N–H and O–H groups in total. The number of carbonyl (C=O) groups is 4. The average Bonchev–Trinajstić information content (AvgIpc) is 2.87. The molecule has 2 aromatic rings. The topological polar surface area (TPSA) is 131 Å². The lowest BCUT2D eigenvalue weighted by molar-refractivity contribution is -0.144. The van der Waals surface area contributed by atoms with Crippen molar-refractivity contribution in [1.29, 1.82) is 0 Å². The first kappa shape index (κ1) is 35.6. The molecule has 0 aromatic heterocycles. The summed E-state index contributed by atoms with van der Waals surface area (Å²) in [7, 11) is 0. The van der Waals surface area contributed by atoms with E-state index in [2.05, 4.69) is 24.5 Å². The molecule has 0 aliphatic rings. The van der Waals surface area contributed by atoms with Crippen LogP contribution < -0.4 is 16.4 Å². The Kier molecular flexibility index (Phi) is 12.6. The summed E-state index contributed by atoms with van der Waals surface area (Å²) in [6.07, 6.45) is -0.00789. The first-order valence-electron chi connectivity index (χ1n) is 14.6. The molecular weight excluding hydrogens is 568 g/mol. The molecule has 0 aliphatic carbocycles. The van der Waals surface area contributed by atoms with Gasteiger partial charge in [-0.25, -0.2) is 4.79 Å². The highest BCUT2D eigenvalue weighted by Crippen LogP contribution is 2.33. The summed E-state index contributed by atoms with van der Waals surface area (Å²) in [6.45, 7) is 16.7. The summed E-state index contributed by atoms with van der Waals surface area (Å²) in [6, 6.07) is 8.04. The molecule has 2 rings (SSSR count). The Hall–Kier alpha value is -3.59. The van der Waals surface area contributed by atoms with Crippen LogP contribution in [-0.4, -0.2) is 46.4 Å². The van der Waals surface area contributed by atoms with Gasteiger partial charge in [-0.2, -0.15) is 0 Å². The van der Waals surface area contributed by atoms with Crippen molar-refractivity contribution in [2.45, 2.75) is 105 Å². The second-order valence-electron chi connectivity index (χ2n) is 12.6. The SMILES string of the molecule is Cc1ccc(C)c(C(C(=O)Nc2c(C)cccc2Cl)N(C(=O)C(CC(N)=O)NC(=O)OC(C)(C)C)C(C)CCC(C)C)c1. The Morgan fingerprint density at radius 2 is 1.63 bits per heavy atom.